The fraction of sp³-hybridized carbons (Fsp3) is 0. The summed E-state index contributed by atoms with van der Waals surface area (Å²) in [6.45, 7) is 0. The number of oxazole rings is 1. The molecule has 12 rings (SSSR count). The molecule has 0 aliphatic carbocycles. The minimum atomic E-state index is 0.630. The number of nitrogens with zero attached hydrogens (tertiary/aromatic N) is 3. The van der Waals surface area contributed by atoms with Crippen LogP contribution in [0, 0.1) is 0 Å². The zero-order valence-corrected chi connectivity index (χ0v) is 33.1. The number of hydrogen-bond donors (Lipinski definition) is 0. The molecule has 286 valence electrons. The van der Waals surface area contributed by atoms with Gasteiger partial charge in [-0.3, -0.25) is 0 Å². The Morgan fingerprint density at radius 3 is 1.79 bits per heavy atom. The van der Waals surface area contributed by atoms with Gasteiger partial charge in [0.15, 0.2) is 5.58 Å². The molecule has 0 bridgehead atoms. The van der Waals surface area contributed by atoms with Crippen LogP contribution in [-0.4, -0.2) is 9.55 Å². The van der Waals surface area contributed by atoms with Crippen molar-refractivity contribution < 1.29 is 4.42 Å². The zero-order chi connectivity index (χ0) is 40.3. The molecule has 0 N–H and O–H groups in total. The lowest BCUT2D eigenvalue weighted by Crippen LogP contribution is -2.10. The standard InChI is InChI=1S/C57H37N3O/c1-3-13-42(14-4-1)57-58-56-51-36-43(23-22-41(51)28-35-55(56)61-57)38-24-29-45(30-25-38)59(46-31-26-40(27-32-46)49-20-11-15-39-12-7-8-18-48(39)49)47-33-34-54-52(37-47)50-19-9-10-21-53(50)60(54)44-16-5-2-6-17-44/h1-37H. The van der Waals surface area contributed by atoms with Crippen LogP contribution < -0.4 is 4.90 Å². The highest BCUT2D eigenvalue weighted by molar-refractivity contribution is 6.11. The average molecular weight is 780 g/mol. The Kier molecular flexibility index (Phi) is 8.13. The van der Waals surface area contributed by atoms with Crippen molar-refractivity contribution in [3.63, 3.8) is 0 Å². The van der Waals surface area contributed by atoms with Crippen molar-refractivity contribution >= 4 is 71.5 Å². The van der Waals surface area contributed by atoms with E-state index >= 15 is 0 Å². The number of hydrogen-bond acceptors (Lipinski definition) is 3. The second kappa shape index (κ2) is 14.3. The maximum Gasteiger partial charge on any atom is 0.227 e. The predicted octanol–water partition coefficient (Wildman–Crippen LogP) is 15.7. The van der Waals surface area contributed by atoms with Crippen molar-refractivity contribution in [3.8, 4) is 39.4 Å². The number of fused-ring (bicyclic) bond motifs is 7. The van der Waals surface area contributed by atoms with Gasteiger partial charge in [-0.1, -0.05) is 140 Å². The van der Waals surface area contributed by atoms with Crippen molar-refractivity contribution in [1.29, 1.82) is 0 Å². The van der Waals surface area contributed by atoms with Crippen molar-refractivity contribution in [1.82, 2.24) is 9.55 Å². The van der Waals surface area contributed by atoms with Gasteiger partial charge in [-0.15, -0.1) is 0 Å². The first-order valence-corrected chi connectivity index (χ1v) is 20.7. The van der Waals surface area contributed by atoms with E-state index in [1.54, 1.807) is 0 Å². The lowest BCUT2D eigenvalue weighted by Gasteiger charge is -2.26. The van der Waals surface area contributed by atoms with Crippen LogP contribution in [0.4, 0.5) is 17.1 Å². The van der Waals surface area contributed by atoms with E-state index < -0.39 is 0 Å². The summed E-state index contributed by atoms with van der Waals surface area (Å²) in [6.07, 6.45) is 0. The van der Waals surface area contributed by atoms with Crippen LogP contribution in [0.3, 0.4) is 0 Å². The molecule has 10 aromatic carbocycles. The van der Waals surface area contributed by atoms with Gasteiger partial charge in [-0.25, -0.2) is 4.98 Å². The molecule has 2 heterocycles. The summed E-state index contributed by atoms with van der Waals surface area (Å²) < 4.78 is 8.61. The summed E-state index contributed by atoms with van der Waals surface area (Å²) in [6, 6.07) is 80.1. The van der Waals surface area contributed by atoms with E-state index in [-0.39, 0.29) is 0 Å². The van der Waals surface area contributed by atoms with Gasteiger partial charge in [0.1, 0.15) is 5.52 Å². The Hall–Kier alpha value is -8.21. The van der Waals surface area contributed by atoms with E-state index in [0.717, 1.165) is 61.3 Å². The third-order valence-corrected chi connectivity index (χ3v) is 12.0. The second-order valence-electron chi connectivity index (χ2n) is 15.6. The van der Waals surface area contributed by atoms with Crippen molar-refractivity contribution in [2.45, 2.75) is 0 Å². The van der Waals surface area contributed by atoms with Crippen LogP contribution in [0.1, 0.15) is 0 Å². The molecule has 12 aromatic rings. The van der Waals surface area contributed by atoms with Gasteiger partial charge in [0, 0.05) is 44.5 Å². The van der Waals surface area contributed by atoms with Crippen LogP contribution in [-0.2, 0) is 0 Å². The topological polar surface area (TPSA) is 34.2 Å². The third-order valence-electron chi connectivity index (χ3n) is 12.0. The average Bonchev–Trinajstić information content (AvgIpc) is 3.93. The first-order chi connectivity index (χ1) is 30.2. The van der Waals surface area contributed by atoms with E-state index in [9.17, 15) is 0 Å². The molecule has 0 saturated carbocycles. The third kappa shape index (κ3) is 5.96. The van der Waals surface area contributed by atoms with Crippen LogP contribution in [0.15, 0.2) is 229 Å². The highest BCUT2D eigenvalue weighted by Crippen LogP contribution is 2.42. The quantitative estimate of drug-likeness (QED) is 0.162. The Balaban J connectivity index is 0.976. The largest absolute Gasteiger partial charge is 0.436 e. The summed E-state index contributed by atoms with van der Waals surface area (Å²) >= 11 is 0. The molecular weight excluding hydrogens is 743 g/mol. The molecule has 0 atom stereocenters. The summed E-state index contributed by atoms with van der Waals surface area (Å²) in [4.78, 5) is 7.35. The maximum absolute atomic E-state index is 6.24. The van der Waals surface area contributed by atoms with Crippen molar-refractivity contribution in [2.24, 2.45) is 0 Å². The first-order valence-electron chi connectivity index (χ1n) is 20.7. The highest BCUT2D eigenvalue weighted by atomic mass is 16.3. The molecule has 0 spiro atoms. The molecule has 61 heavy (non-hydrogen) atoms. The lowest BCUT2D eigenvalue weighted by molar-refractivity contribution is 0.620. The van der Waals surface area contributed by atoms with Gasteiger partial charge in [-0.05, 0) is 123 Å². The fourth-order valence-corrected chi connectivity index (χ4v) is 9.07. The molecule has 0 unspecified atom stereocenters. The predicted molar refractivity (Wildman–Crippen MR) is 254 cm³/mol. The molecule has 0 fully saturated rings. The van der Waals surface area contributed by atoms with E-state index in [1.807, 2.05) is 36.4 Å². The Morgan fingerprint density at radius 1 is 0.377 bits per heavy atom. The van der Waals surface area contributed by atoms with Crippen LogP contribution in [0.2, 0.25) is 0 Å². The summed E-state index contributed by atoms with van der Waals surface area (Å²) in [7, 11) is 0. The number of aromatic nitrogens is 2. The van der Waals surface area contributed by atoms with Crippen LogP contribution in [0.25, 0.3) is 93.8 Å². The minimum Gasteiger partial charge on any atom is -0.436 e. The summed E-state index contributed by atoms with van der Waals surface area (Å²) in [5, 5.41) is 7.11. The normalized spacial score (nSPS) is 11.6. The molecule has 0 amide bonds. The van der Waals surface area contributed by atoms with E-state index in [0.29, 0.717) is 5.89 Å². The van der Waals surface area contributed by atoms with Gasteiger partial charge in [-0.2, -0.15) is 0 Å². The van der Waals surface area contributed by atoms with Gasteiger partial charge in [0.05, 0.1) is 11.0 Å². The number of rotatable bonds is 7. The Bertz CT molecular complexity index is 3560. The van der Waals surface area contributed by atoms with Crippen LogP contribution >= 0.6 is 0 Å². The molecule has 0 saturated heterocycles. The lowest BCUT2D eigenvalue weighted by atomic mass is 9.98. The SMILES string of the molecule is c1ccc(-c2nc3c(ccc4ccc(-c5ccc(N(c6ccc(-c7cccc8ccccc78)cc6)c6ccc7c(c6)c6ccccc6n7-c6ccccc6)cc5)cc43)o2)cc1. The molecule has 0 radical (unpaired) electrons. The summed E-state index contributed by atoms with van der Waals surface area (Å²) in [5.41, 5.74) is 14.0. The van der Waals surface area contributed by atoms with Gasteiger partial charge in [0.25, 0.3) is 0 Å². The molecule has 0 aliphatic rings. The Labute approximate surface area is 352 Å². The molecule has 2 aromatic heterocycles. The maximum atomic E-state index is 6.24. The van der Waals surface area contributed by atoms with Crippen molar-refractivity contribution in [3.05, 3.63) is 224 Å². The zero-order valence-electron chi connectivity index (χ0n) is 33.1. The van der Waals surface area contributed by atoms with Crippen molar-refractivity contribution in [2.75, 3.05) is 4.90 Å². The minimum absolute atomic E-state index is 0.630. The fourth-order valence-electron chi connectivity index (χ4n) is 9.07. The monoisotopic (exact) mass is 779 g/mol. The first kappa shape index (κ1) is 34.8. The molecule has 0 aliphatic heterocycles. The van der Waals surface area contributed by atoms with Gasteiger partial charge >= 0.3 is 0 Å². The number of benzene rings is 10. The summed E-state index contributed by atoms with van der Waals surface area (Å²) in [5.74, 6) is 0.630. The van der Waals surface area contributed by atoms with E-state index in [1.165, 1.54) is 43.7 Å². The van der Waals surface area contributed by atoms with Gasteiger partial charge in [0.2, 0.25) is 5.89 Å². The molecular formula is C57H37N3O. The van der Waals surface area contributed by atoms with Crippen LogP contribution in [0.5, 0.6) is 0 Å². The highest BCUT2D eigenvalue weighted by Gasteiger charge is 2.19. The van der Waals surface area contributed by atoms with E-state index in [2.05, 4.69) is 198 Å². The smallest absolute Gasteiger partial charge is 0.227 e. The second-order valence-corrected chi connectivity index (χ2v) is 15.6. The molecule has 4 heteroatoms. The Morgan fingerprint density at radius 2 is 0.984 bits per heavy atom. The van der Waals surface area contributed by atoms with Gasteiger partial charge < -0.3 is 13.9 Å². The number of para-hydroxylation sites is 2. The number of anilines is 3. The van der Waals surface area contributed by atoms with E-state index in [4.69, 9.17) is 9.40 Å². The molecule has 4 nitrogen and oxygen atoms in total.